The van der Waals surface area contributed by atoms with E-state index in [-0.39, 0.29) is 11.8 Å². The molecule has 0 aromatic carbocycles. The summed E-state index contributed by atoms with van der Waals surface area (Å²) < 4.78 is 7.25. The van der Waals surface area contributed by atoms with E-state index in [4.69, 9.17) is 14.7 Å². The Hall–Kier alpha value is -3.07. The molecule has 33 heavy (non-hydrogen) atoms. The van der Waals surface area contributed by atoms with Gasteiger partial charge in [-0.05, 0) is 46.6 Å². The summed E-state index contributed by atoms with van der Waals surface area (Å²) >= 11 is 0. The molecule has 0 N–H and O–H groups in total. The van der Waals surface area contributed by atoms with Crippen molar-refractivity contribution in [3.05, 3.63) is 46.3 Å². The summed E-state index contributed by atoms with van der Waals surface area (Å²) in [5.74, 6) is 2.17. The molecule has 0 unspecified atom stereocenters. The van der Waals surface area contributed by atoms with Crippen LogP contribution < -0.4 is 4.90 Å². The summed E-state index contributed by atoms with van der Waals surface area (Å²) in [5, 5.41) is 4.38. The van der Waals surface area contributed by atoms with E-state index in [1.54, 1.807) is 10.7 Å². The molecule has 3 aromatic rings. The van der Waals surface area contributed by atoms with Crippen molar-refractivity contribution < 1.29 is 9.53 Å². The number of carbonyl (C=O) groups is 1. The standard InChI is InChI=1S/C24H31N7O2/c1-15-13-16(2)31-23(26-15)20(14-25-31)24(32)30-7-5-19(6-8-30)21-27-18(4)17(3)22(28-21)29-9-11-33-12-10-29/h13-14,19H,5-12H2,1-4H3. The first-order valence-corrected chi connectivity index (χ1v) is 11.7. The van der Waals surface area contributed by atoms with Gasteiger partial charge < -0.3 is 14.5 Å². The molecule has 1 amide bonds. The Labute approximate surface area is 193 Å². The summed E-state index contributed by atoms with van der Waals surface area (Å²) in [4.78, 5) is 31.9. The number of hydrogen-bond acceptors (Lipinski definition) is 7. The molecule has 0 atom stereocenters. The lowest BCUT2D eigenvalue weighted by atomic mass is 9.95. The molecule has 0 radical (unpaired) electrons. The summed E-state index contributed by atoms with van der Waals surface area (Å²) in [7, 11) is 0. The zero-order valence-corrected chi connectivity index (χ0v) is 19.8. The molecule has 0 spiro atoms. The van der Waals surface area contributed by atoms with Gasteiger partial charge in [0.25, 0.3) is 5.91 Å². The van der Waals surface area contributed by atoms with Crippen LogP contribution in [0.2, 0.25) is 0 Å². The average Bonchev–Trinajstić information content (AvgIpc) is 3.25. The molecule has 9 nitrogen and oxygen atoms in total. The molecule has 0 bridgehead atoms. The quantitative estimate of drug-likeness (QED) is 0.607. The fraction of sp³-hybridized carbons (Fsp3) is 0.542. The normalized spacial score (nSPS) is 17.7. The largest absolute Gasteiger partial charge is 0.378 e. The van der Waals surface area contributed by atoms with Gasteiger partial charge in [-0.1, -0.05) is 0 Å². The van der Waals surface area contributed by atoms with Gasteiger partial charge in [-0.25, -0.2) is 19.5 Å². The minimum atomic E-state index is -0.00374. The monoisotopic (exact) mass is 449 g/mol. The minimum Gasteiger partial charge on any atom is -0.378 e. The predicted molar refractivity (Wildman–Crippen MR) is 125 cm³/mol. The molecule has 3 aromatic heterocycles. The molecule has 2 saturated heterocycles. The molecule has 2 aliphatic heterocycles. The Bertz CT molecular complexity index is 1190. The maximum atomic E-state index is 13.3. The molecule has 9 heteroatoms. The molecular weight excluding hydrogens is 418 g/mol. The summed E-state index contributed by atoms with van der Waals surface area (Å²) in [6.45, 7) is 12.6. The highest BCUT2D eigenvalue weighted by molar-refractivity contribution is 5.99. The number of anilines is 1. The summed E-state index contributed by atoms with van der Waals surface area (Å²) in [6.07, 6.45) is 3.34. The molecule has 0 aliphatic carbocycles. The number of carbonyl (C=O) groups excluding carboxylic acids is 1. The molecule has 2 fully saturated rings. The van der Waals surface area contributed by atoms with Crippen LogP contribution in [0.15, 0.2) is 12.3 Å². The van der Waals surface area contributed by atoms with E-state index in [9.17, 15) is 4.79 Å². The second-order valence-corrected chi connectivity index (χ2v) is 9.11. The van der Waals surface area contributed by atoms with Crippen molar-refractivity contribution in [3.63, 3.8) is 0 Å². The number of piperidine rings is 1. The fourth-order valence-electron chi connectivity index (χ4n) is 4.83. The second-order valence-electron chi connectivity index (χ2n) is 9.11. The number of nitrogens with zero attached hydrogens (tertiary/aromatic N) is 7. The number of fused-ring (bicyclic) bond motifs is 1. The molecule has 2 aliphatic rings. The van der Waals surface area contributed by atoms with Crippen molar-refractivity contribution in [2.24, 2.45) is 0 Å². The van der Waals surface area contributed by atoms with Crippen LogP contribution >= 0.6 is 0 Å². The van der Waals surface area contributed by atoms with Crippen molar-refractivity contribution in [3.8, 4) is 0 Å². The number of aryl methyl sites for hydroxylation is 3. The van der Waals surface area contributed by atoms with E-state index in [0.29, 0.717) is 24.3 Å². The lowest BCUT2D eigenvalue weighted by Gasteiger charge is -2.33. The highest BCUT2D eigenvalue weighted by Crippen LogP contribution is 2.30. The van der Waals surface area contributed by atoms with Crippen molar-refractivity contribution in [1.82, 2.24) is 29.5 Å². The van der Waals surface area contributed by atoms with Crippen LogP contribution in [0.4, 0.5) is 5.82 Å². The van der Waals surface area contributed by atoms with E-state index in [1.165, 1.54) is 0 Å². The highest BCUT2D eigenvalue weighted by Gasteiger charge is 2.29. The highest BCUT2D eigenvalue weighted by atomic mass is 16.5. The van der Waals surface area contributed by atoms with E-state index >= 15 is 0 Å². The van der Waals surface area contributed by atoms with E-state index in [1.807, 2.05) is 24.8 Å². The van der Waals surface area contributed by atoms with Crippen LogP contribution in [0.5, 0.6) is 0 Å². The van der Waals surface area contributed by atoms with Gasteiger partial charge >= 0.3 is 0 Å². The van der Waals surface area contributed by atoms with Gasteiger partial charge in [0.05, 0.1) is 19.4 Å². The number of ether oxygens (including phenoxy) is 1. The first kappa shape index (κ1) is 21.8. The van der Waals surface area contributed by atoms with E-state index in [2.05, 4.69) is 28.8 Å². The van der Waals surface area contributed by atoms with Gasteiger partial charge in [0.15, 0.2) is 5.65 Å². The number of morpholine rings is 1. The summed E-state index contributed by atoms with van der Waals surface area (Å²) in [5.41, 5.74) is 5.22. The van der Waals surface area contributed by atoms with Crippen LogP contribution in [-0.2, 0) is 4.74 Å². The zero-order chi connectivity index (χ0) is 23.1. The Morgan fingerprint density at radius 2 is 1.73 bits per heavy atom. The Balaban J connectivity index is 1.32. The van der Waals surface area contributed by atoms with Gasteiger partial charge in [0, 0.05) is 54.7 Å². The fourth-order valence-corrected chi connectivity index (χ4v) is 4.83. The molecule has 5 rings (SSSR count). The van der Waals surface area contributed by atoms with Crippen LogP contribution in [0.25, 0.3) is 5.65 Å². The second kappa shape index (κ2) is 8.70. The SMILES string of the molecule is Cc1cc(C)n2ncc(C(=O)N3CCC(c4nc(C)c(C)c(N5CCOCC5)n4)CC3)c2n1. The van der Waals surface area contributed by atoms with Gasteiger partial charge in [-0.3, -0.25) is 4.79 Å². The van der Waals surface area contributed by atoms with Crippen LogP contribution in [0.1, 0.15) is 57.6 Å². The van der Waals surface area contributed by atoms with Crippen molar-refractivity contribution >= 4 is 17.4 Å². The number of rotatable bonds is 3. The summed E-state index contributed by atoms with van der Waals surface area (Å²) in [6, 6.07) is 1.97. The van der Waals surface area contributed by atoms with Crippen LogP contribution in [0, 0.1) is 27.7 Å². The number of aromatic nitrogens is 5. The number of amides is 1. The van der Waals surface area contributed by atoms with Gasteiger partial charge in [0.2, 0.25) is 0 Å². The minimum absolute atomic E-state index is 0.00374. The third kappa shape index (κ3) is 4.06. The third-order valence-electron chi connectivity index (χ3n) is 6.85. The predicted octanol–water partition coefficient (Wildman–Crippen LogP) is 2.61. The van der Waals surface area contributed by atoms with E-state index < -0.39 is 0 Å². The Kier molecular flexibility index (Phi) is 5.74. The van der Waals surface area contributed by atoms with Crippen LogP contribution in [0.3, 0.4) is 0 Å². The van der Waals surface area contributed by atoms with E-state index in [0.717, 1.165) is 73.4 Å². The third-order valence-corrected chi connectivity index (χ3v) is 6.85. The topological polar surface area (TPSA) is 88.8 Å². The maximum absolute atomic E-state index is 13.3. The van der Waals surface area contributed by atoms with Gasteiger partial charge in [-0.15, -0.1) is 0 Å². The maximum Gasteiger partial charge on any atom is 0.259 e. The first-order chi connectivity index (χ1) is 15.9. The van der Waals surface area contributed by atoms with Crippen molar-refractivity contribution in [2.75, 3.05) is 44.3 Å². The lowest BCUT2D eigenvalue weighted by molar-refractivity contribution is 0.0712. The molecule has 5 heterocycles. The Morgan fingerprint density at radius 1 is 1.00 bits per heavy atom. The number of hydrogen-bond donors (Lipinski definition) is 0. The van der Waals surface area contributed by atoms with Gasteiger partial charge in [0.1, 0.15) is 17.2 Å². The molecular formula is C24H31N7O2. The zero-order valence-electron chi connectivity index (χ0n) is 19.8. The first-order valence-electron chi connectivity index (χ1n) is 11.7. The number of likely N-dealkylation sites (tertiary alicyclic amines) is 1. The average molecular weight is 450 g/mol. The van der Waals surface area contributed by atoms with Gasteiger partial charge in [-0.2, -0.15) is 5.10 Å². The smallest absolute Gasteiger partial charge is 0.259 e. The van der Waals surface area contributed by atoms with Crippen molar-refractivity contribution in [2.45, 2.75) is 46.5 Å². The van der Waals surface area contributed by atoms with Crippen LogP contribution in [-0.4, -0.2) is 74.8 Å². The molecule has 174 valence electrons. The Morgan fingerprint density at radius 3 is 2.45 bits per heavy atom. The lowest BCUT2D eigenvalue weighted by Crippen LogP contribution is -2.39. The van der Waals surface area contributed by atoms with Crippen molar-refractivity contribution in [1.29, 1.82) is 0 Å². The molecule has 0 saturated carbocycles.